The van der Waals surface area contributed by atoms with Gasteiger partial charge in [0.25, 0.3) is 0 Å². The molecular formula is C24H26N6O5. The van der Waals surface area contributed by atoms with Gasteiger partial charge < -0.3 is 36.2 Å². The highest BCUT2D eigenvalue weighted by Crippen LogP contribution is 2.35. The van der Waals surface area contributed by atoms with E-state index >= 15 is 0 Å². The first-order valence-electron chi connectivity index (χ1n) is 11.1. The van der Waals surface area contributed by atoms with Crippen molar-refractivity contribution in [3.05, 3.63) is 66.0 Å². The summed E-state index contributed by atoms with van der Waals surface area (Å²) in [7, 11) is 0. The maximum Gasteiger partial charge on any atom is 0.207 e. The summed E-state index contributed by atoms with van der Waals surface area (Å²) in [5.74, 6) is 0.486. The molecule has 0 bridgehead atoms. The summed E-state index contributed by atoms with van der Waals surface area (Å²) in [5, 5.41) is 42.9. The third kappa shape index (κ3) is 4.31. The third-order valence-corrected chi connectivity index (χ3v) is 6.12. The van der Waals surface area contributed by atoms with Crippen LogP contribution in [-0.2, 0) is 17.9 Å². The van der Waals surface area contributed by atoms with Crippen molar-refractivity contribution in [2.45, 2.75) is 37.7 Å². The lowest BCUT2D eigenvalue weighted by molar-refractivity contribution is -0.0501. The van der Waals surface area contributed by atoms with E-state index in [4.69, 9.17) is 10.5 Å². The molecule has 1 fully saturated rings. The van der Waals surface area contributed by atoms with Gasteiger partial charge in [0, 0.05) is 6.54 Å². The van der Waals surface area contributed by atoms with Crippen LogP contribution in [0.1, 0.15) is 17.4 Å². The van der Waals surface area contributed by atoms with E-state index in [1.807, 2.05) is 48.5 Å². The predicted molar refractivity (Wildman–Crippen MR) is 128 cm³/mol. The maximum atomic E-state index is 10.6. The molecule has 2 aromatic carbocycles. The van der Waals surface area contributed by atoms with E-state index in [-0.39, 0.29) is 12.4 Å². The molecule has 1 aliphatic rings. The number of fused-ring (bicyclic) bond motifs is 1. The zero-order chi connectivity index (χ0) is 24.5. The standard InChI is InChI=1S/C24H26N6O5/c25-21-18-22(28-12-27-21)30(23-20(34)19(33)17(11-32)35-23)24(29-18)26-9-13-4-6-15(7-5-13)16-3-1-2-14(8-16)10-31/h1-8,12,17,19-20,23,31-34H,9-11H2,(H,26,29)(H2,25,27,28)/t17-,19-,20-,23-/m1/s1. The Morgan fingerprint density at radius 2 is 1.77 bits per heavy atom. The first kappa shape index (κ1) is 23.1. The zero-order valence-corrected chi connectivity index (χ0v) is 18.7. The van der Waals surface area contributed by atoms with Crippen molar-refractivity contribution in [1.82, 2.24) is 19.5 Å². The lowest BCUT2D eigenvalue weighted by Crippen LogP contribution is -2.33. The molecule has 5 rings (SSSR count). The SMILES string of the molecule is Nc1ncnc2c1nc(NCc1ccc(-c3cccc(CO)c3)cc1)n2[C@@H]1O[C@H](CO)[C@@H](O)[C@H]1O. The van der Waals surface area contributed by atoms with Crippen molar-refractivity contribution in [3.63, 3.8) is 0 Å². The number of nitrogens with one attached hydrogen (secondary N) is 1. The summed E-state index contributed by atoms with van der Waals surface area (Å²) < 4.78 is 7.24. The Balaban J connectivity index is 1.41. The number of aliphatic hydroxyl groups excluding tert-OH is 4. The molecule has 0 amide bonds. The van der Waals surface area contributed by atoms with Crippen LogP contribution >= 0.6 is 0 Å². The van der Waals surface area contributed by atoms with Gasteiger partial charge in [-0.25, -0.2) is 15.0 Å². The molecule has 0 spiro atoms. The van der Waals surface area contributed by atoms with Crippen LogP contribution in [0.25, 0.3) is 22.3 Å². The molecule has 7 N–H and O–H groups in total. The molecular weight excluding hydrogens is 452 g/mol. The number of rotatable bonds is 7. The minimum Gasteiger partial charge on any atom is -0.394 e. The highest BCUT2D eigenvalue weighted by molar-refractivity contribution is 5.84. The molecule has 0 saturated carbocycles. The third-order valence-electron chi connectivity index (χ3n) is 6.12. The van der Waals surface area contributed by atoms with Gasteiger partial charge >= 0.3 is 0 Å². The summed E-state index contributed by atoms with van der Waals surface area (Å²) in [6.07, 6.45) is -3.28. The van der Waals surface area contributed by atoms with Crippen molar-refractivity contribution in [2.24, 2.45) is 0 Å². The lowest BCUT2D eigenvalue weighted by Gasteiger charge is -2.19. The van der Waals surface area contributed by atoms with Crippen LogP contribution in [-0.4, -0.2) is 64.9 Å². The van der Waals surface area contributed by atoms with Gasteiger partial charge in [-0.05, 0) is 28.3 Å². The van der Waals surface area contributed by atoms with Gasteiger partial charge in [-0.1, -0.05) is 42.5 Å². The molecule has 182 valence electrons. The summed E-state index contributed by atoms with van der Waals surface area (Å²) in [6, 6.07) is 15.6. The molecule has 35 heavy (non-hydrogen) atoms. The molecule has 11 heteroatoms. The Bertz CT molecular complexity index is 1330. The number of hydrogen-bond donors (Lipinski definition) is 6. The number of nitrogen functional groups attached to an aromatic ring is 1. The second-order valence-corrected chi connectivity index (χ2v) is 8.37. The Hall–Kier alpha value is -3.61. The van der Waals surface area contributed by atoms with E-state index in [1.165, 1.54) is 10.9 Å². The molecule has 0 radical (unpaired) electrons. The quantitative estimate of drug-likeness (QED) is 0.223. The zero-order valence-electron chi connectivity index (χ0n) is 18.7. The molecule has 3 heterocycles. The van der Waals surface area contributed by atoms with Crippen LogP contribution < -0.4 is 11.1 Å². The topological polar surface area (TPSA) is 172 Å². The predicted octanol–water partition coefficient (Wildman–Crippen LogP) is 0.791. The number of aliphatic hydroxyl groups is 4. The van der Waals surface area contributed by atoms with E-state index in [9.17, 15) is 20.4 Å². The lowest BCUT2D eigenvalue weighted by atomic mass is 10.0. The van der Waals surface area contributed by atoms with Gasteiger partial charge in [-0.2, -0.15) is 0 Å². The number of ether oxygens (including phenoxy) is 1. The number of imidazole rings is 1. The molecule has 0 aliphatic carbocycles. The number of hydrogen-bond acceptors (Lipinski definition) is 10. The van der Waals surface area contributed by atoms with E-state index in [2.05, 4.69) is 20.3 Å². The minimum absolute atomic E-state index is 0.0127. The van der Waals surface area contributed by atoms with Gasteiger partial charge in [0.1, 0.15) is 24.6 Å². The van der Waals surface area contributed by atoms with Gasteiger partial charge in [-0.3, -0.25) is 4.57 Å². The second kappa shape index (κ2) is 9.56. The summed E-state index contributed by atoms with van der Waals surface area (Å²) in [5.41, 5.74) is 10.5. The number of nitrogens with two attached hydrogens (primary N) is 1. The van der Waals surface area contributed by atoms with Crippen molar-refractivity contribution in [3.8, 4) is 11.1 Å². The molecule has 11 nitrogen and oxygen atoms in total. The summed E-state index contributed by atoms with van der Waals surface area (Å²) >= 11 is 0. The van der Waals surface area contributed by atoms with Crippen molar-refractivity contribution in [1.29, 1.82) is 0 Å². The molecule has 1 aliphatic heterocycles. The highest BCUT2D eigenvalue weighted by Gasteiger charge is 2.45. The van der Waals surface area contributed by atoms with Crippen LogP contribution in [0.3, 0.4) is 0 Å². The van der Waals surface area contributed by atoms with Gasteiger partial charge in [0.05, 0.1) is 13.2 Å². The monoisotopic (exact) mass is 478 g/mol. The number of nitrogens with zero attached hydrogens (tertiary/aromatic N) is 4. The summed E-state index contributed by atoms with van der Waals surface area (Å²) in [6.45, 7) is -0.0710. The summed E-state index contributed by atoms with van der Waals surface area (Å²) in [4.78, 5) is 12.7. The average molecular weight is 479 g/mol. The molecule has 2 aromatic heterocycles. The minimum atomic E-state index is -1.31. The van der Waals surface area contributed by atoms with Crippen LogP contribution in [0, 0.1) is 0 Å². The van der Waals surface area contributed by atoms with Crippen LogP contribution in [0.2, 0.25) is 0 Å². The van der Waals surface area contributed by atoms with E-state index < -0.39 is 31.1 Å². The van der Waals surface area contributed by atoms with E-state index in [0.717, 1.165) is 22.3 Å². The van der Waals surface area contributed by atoms with Crippen LogP contribution in [0.15, 0.2) is 54.9 Å². The Labute approximate surface area is 200 Å². The van der Waals surface area contributed by atoms with E-state index in [0.29, 0.717) is 23.7 Å². The number of anilines is 2. The fraction of sp³-hybridized carbons (Fsp3) is 0.292. The largest absolute Gasteiger partial charge is 0.394 e. The van der Waals surface area contributed by atoms with Crippen LogP contribution in [0.5, 0.6) is 0 Å². The fourth-order valence-electron chi connectivity index (χ4n) is 4.23. The van der Waals surface area contributed by atoms with Gasteiger partial charge in [0.2, 0.25) is 5.95 Å². The molecule has 1 saturated heterocycles. The van der Waals surface area contributed by atoms with Crippen molar-refractivity contribution < 1.29 is 25.2 Å². The first-order valence-corrected chi connectivity index (χ1v) is 11.1. The normalized spacial score (nSPS) is 22.1. The first-order chi connectivity index (χ1) is 17.0. The second-order valence-electron chi connectivity index (χ2n) is 8.37. The number of benzene rings is 2. The Morgan fingerprint density at radius 1 is 0.971 bits per heavy atom. The smallest absolute Gasteiger partial charge is 0.207 e. The van der Waals surface area contributed by atoms with Crippen molar-refractivity contribution in [2.75, 3.05) is 17.7 Å². The van der Waals surface area contributed by atoms with Crippen molar-refractivity contribution >= 4 is 22.9 Å². The fourth-order valence-corrected chi connectivity index (χ4v) is 4.23. The Morgan fingerprint density at radius 3 is 2.49 bits per heavy atom. The number of aromatic nitrogens is 4. The maximum absolute atomic E-state index is 10.6. The van der Waals surface area contributed by atoms with Gasteiger partial charge in [0.15, 0.2) is 23.2 Å². The molecule has 4 aromatic rings. The van der Waals surface area contributed by atoms with E-state index in [1.54, 1.807) is 0 Å². The average Bonchev–Trinajstić information content (AvgIpc) is 3.40. The van der Waals surface area contributed by atoms with Crippen LogP contribution in [0.4, 0.5) is 11.8 Å². The molecule has 4 atom stereocenters. The molecule has 0 unspecified atom stereocenters. The Kier molecular flexibility index (Phi) is 6.32. The van der Waals surface area contributed by atoms with Gasteiger partial charge in [-0.15, -0.1) is 0 Å². The highest BCUT2D eigenvalue weighted by atomic mass is 16.6.